The van der Waals surface area contributed by atoms with Crippen molar-refractivity contribution in [3.05, 3.63) is 6.43 Å². The van der Waals surface area contributed by atoms with Gasteiger partial charge in [-0.2, -0.15) is 17.6 Å². The Labute approximate surface area is 49.9 Å². The van der Waals surface area contributed by atoms with Crippen molar-refractivity contribution in [3.8, 4) is 0 Å². The molecule has 0 bridgehead atoms. The molecule has 1 rings (SSSR count). The number of hydrogen-bond donors (Lipinski definition) is 0. The zero-order valence-corrected chi connectivity index (χ0v) is 4.50. The van der Waals surface area contributed by atoms with Gasteiger partial charge < -0.3 is 0 Å². The van der Waals surface area contributed by atoms with Gasteiger partial charge in [-0.1, -0.05) is 0 Å². The van der Waals surface area contributed by atoms with Crippen LogP contribution in [-0.2, 0) is 0 Å². The van der Waals surface area contributed by atoms with Crippen LogP contribution in [0.15, 0.2) is 0 Å². The molecule has 9 heavy (non-hydrogen) atoms. The van der Waals surface area contributed by atoms with Crippen LogP contribution >= 0.6 is 0 Å². The summed E-state index contributed by atoms with van der Waals surface area (Å²) in [4.78, 5) is 0. The quantitative estimate of drug-likeness (QED) is 0.518. The van der Waals surface area contributed by atoms with Crippen molar-refractivity contribution < 1.29 is 17.6 Å². The fourth-order valence-electron chi connectivity index (χ4n) is 0.600. The van der Waals surface area contributed by atoms with Crippen molar-refractivity contribution in [2.24, 2.45) is 5.92 Å². The van der Waals surface area contributed by atoms with E-state index in [9.17, 15) is 17.6 Å². The maximum Gasteiger partial charge on any atom is 0.378 e. The van der Waals surface area contributed by atoms with Crippen LogP contribution in [0.3, 0.4) is 0 Å². The van der Waals surface area contributed by atoms with Crippen molar-refractivity contribution >= 4 is 0 Å². The van der Waals surface area contributed by atoms with Gasteiger partial charge in [-0.3, -0.25) is 0 Å². The van der Waals surface area contributed by atoms with Crippen LogP contribution in [0.1, 0.15) is 12.8 Å². The van der Waals surface area contributed by atoms with Gasteiger partial charge in [-0.25, -0.2) is 0 Å². The Hall–Kier alpha value is -0.280. The molecule has 0 N–H and O–H groups in total. The molecule has 1 saturated carbocycles. The van der Waals surface area contributed by atoms with Crippen LogP contribution in [0, 0.1) is 12.3 Å². The molecule has 1 radical (unpaired) electrons. The average molecular weight is 141 g/mol. The lowest BCUT2D eigenvalue weighted by Crippen LogP contribution is -2.22. The van der Waals surface area contributed by atoms with Crippen molar-refractivity contribution in [3.63, 3.8) is 0 Å². The Kier molecular flexibility index (Phi) is 1.41. The third-order valence-electron chi connectivity index (χ3n) is 1.34. The van der Waals surface area contributed by atoms with Crippen LogP contribution in [0.4, 0.5) is 17.6 Å². The molecule has 53 valence electrons. The molecular formula is C5H5F4. The van der Waals surface area contributed by atoms with Crippen LogP contribution in [0.25, 0.3) is 0 Å². The number of hydrogen-bond acceptors (Lipinski definition) is 0. The van der Waals surface area contributed by atoms with Gasteiger partial charge in [0.1, 0.15) is 0 Å². The van der Waals surface area contributed by atoms with E-state index in [4.69, 9.17) is 0 Å². The Morgan fingerprint density at radius 3 is 1.78 bits per heavy atom. The lowest BCUT2D eigenvalue weighted by atomic mass is 10.2. The van der Waals surface area contributed by atoms with E-state index in [1.165, 1.54) is 0 Å². The number of halogens is 4. The molecule has 0 nitrogen and oxygen atoms in total. The largest absolute Gasteiger partial charge is 0.378 e. The summed E-state index contributed by atoms with van der Waals surface area (Å²) in [5.74, 6) is -4.89. The zero-order chi connectivity index (χ0) is 7.07. The lowest BCUT2D eigenvalue weighted by molar-refractivity contribution is -0.0773. The van der Waals surface area contributed by atoms with E-state index in [0.717, 1.165) is 0 Å². The minimum Gasteiger partial charge on any atom is -0.199 e. The van der Waals surface area contributed by atoms with Gasteiger partial charge >= 0.3 is 12.3 Å². The summed E-state index contributed by atoms with van der Waals surface area (Å²) < 4.78 is 46.4. The van der Waals surface area contributed by atoms with Gasteiger partial charge in [0, 0.05) is 5.92 Å². The van der Waals surface area contributed by atoms with Crippen LogP contribution in [0.5, 0.6) is 0 Å². The zero-order valence-electron chi connectivity index (χ0n) is 4.50. The van der Waals surface area contributed by atoms with Crippen LogP contribution in [-0.4, -0.2) is 5.92 Å². The third-order valence-corrected chi connectivity index (χ3v) is 1.34. The average Bonchev–Trinajstić information content (AvgIpc) is 2.42. The van der Waals surface area contributed by atoms with E-state index in [1.807, 2.05) is 0 Å². The maximum atomic E-state index is 11.9. The second-order valence-electron chi connectivity index (χ2n) is 2.16. The predicted molar refractivity (Wildman–Crippen MR) is 23.1 cm³/mol. The van der Waals surface area contributed by atoms with Gasteiger partial charge in [0.15, 0.2) is 0 Å². The molecule has 1 aliphatic carbocycles. The molecule has 0 aromatic heterocycles. The van der Waals surface area contributed by atoms with Gasteiger partial charge in [-0.05, 0) is 12.8 Å². The van der Waals surface area contributed by atoms with Crippen molar-refractivity contribution in [1.29, 1.82) is 0 Å². The van der Waals surface area contributed by atoms with Crippen molar-refractivity contribution in [2.75, 3.05) is 0 Å². The highest BCUT2D eigenvalue weighted by atomic mass is 19.3. The molecule has 4 heteroatoms. The van der Waals surface area contributed by atoms with Crippen molar-refractivity contribution in [1.82, 2.24) is 0 Å². The first-order valence-corrected chi connectivity index (χ1v) is 2.61. The highest BCUT2D eigenvalue weighted by molar-refractivity contribution is 4.96. The van der Waals surface area contributed by atoms with Gasteiger partial charge in [0.05, 0.1) is 0 Å². The molecule has 0 amide bonds. The molecule has 1 aliphatic rings. The fourth-order valence-corrected chi connectivity index (χ4v) is 0.600. The first kappa shape index (κ1) is 6.83. The van der Waals surface area contributed by atoms with Gasteiger partial charge in [0.2, 0.25) is 0 Å². The minimum absolute atomic E-state index is 0.227. The SMILES string of the molecule is F[C](F)C(F)(F)C1CC1. The summed E-state index contributed by atoms with van der Waals surface area (Å²) in [6, 6.07) is 0. The summed E-state index contributed by atoms with van der Waals surface area (Å²) in [5.41, 5.74) is 0. The number of rotatable bonds is 2. The molecule has 1 fully saturated rings. The van der Waals surface area contributed by atoms with E-state index in [-0.39, 0.29) is 12.8 Å². The first-order chi connectivity index (χ1) is 4.05. The maximum absolute atomic E-state index is 11.9. The van der Waals surface area contributed by atoms with Gasteiger partial charge in [0.25, 0.3) is 0 Å². The summed E-state index contributed by atoms with van der Waals surface area (Å²) in [7, 11) is 0. The standard InChI is InChI=1S/C5H5F4/c6-4(7)5(8,9)3-1-2-3/h3H,1-2H2. The molecule has 0 heterocycles. The lowest BCUT2D eigenvalue weighted by Gasteiger charge is -2.10. The van der Waals surface area contributed by atoms with E-state index < -0.39 is 18.3 Å². The van der Waals surface area contributed by atoms with Crippen molar-refractivity contribution in [2.45, 2.75) is 18.8 Å². The fraction of sp³-hybridized carbons (Fsp3) is 0.800. The molecule has 0 aromatic rings. The van der Waals surface area contributed by atoms with E-state index in [2.05, 4.69) is 0 Å². The Morgan fingerprint density at radius 1 is 1.22 bits per heavy atom. The normalized spacial score (nSPS) is 21.0. The highest BCUT2D eigenvalue weighted by Crippen LogP contribution is 2.49. The topological polar surface area (TPSA) is 0 Å². The summed E-state index contributed by atoms with van der Waals surface area (Å²) in [6.07, 6.45) is -2.29. The van der Waals surface area contributed by atoms with Crippen LogP contribution in [0.2, 0.25) is 0 Å². The third kappa shape index (κ3) is 1.17. The second kappa shape index (κ2) is 1.85. The highest BCUT2D eigenvalue weighted by Gasteiger charge is 2.55. The van der Waals surface area contributed by atoms with E-state index in [1.54, 1.807) is 0 Å². The first-order valence-electron chi connectivity index (χ1n) is 2.61. The molecule has 0 unspecified atom stereocenters. The second-order valence-corrected chi connectivity index (χ2v) is 2.16. The molecule has 0 atom stereocenters. The summed E-state index contributed by atoms with van der Waals surface area (Å²) in [5, 5.41) is 0. The Balaban J connectivity index is 2.48. The van der Waals surface area contributed by atoms with E-state index >= 15 is 0 Å². The minimum atomic E-state index is -3.81. The monoisotopic (exact) mass is 141 g/mol. The Morgan fingerprint density at radius 2 is 1.67 bits per heavy atom. The van der Waals surface area contributed by atoms with E-state index in [0.29, 0.717) is 0 Å². The predicted octanol–water partition coefficient (Wildman–Crippen LogP) is 2.46. The molecule has 0 spiro atoms. The van der Waals surface area contributed by atoms with Crippen LogP contribution < -0.4 is 0 Å². The van der Waals surface area contributed by atoms with Gasteiger partial charge in [-0.15, -0.1) is 0 Å². The summed E-state index contributed by atoms with van der Waals surface area (Å²) in [6.45, 7) is 0. The number of alkyl halides is 2. The molecule has 0 aromatic carbocycles. The molecular weight excluding hydrogens is 136 g/mol. The Bertz CT molecular complexity index is 102. The summed E-state index contributed by atoms with van der Waals surface area (Å²) >= 11 is 0. The molecule has 0 aliphatic heterocycles. The molecule has 0 saturated heterocycles. The smallest absolute Gasteiger partial charge is 0.199 e.